The number of piperazine rings is 1. The number of anilines is 1. The lowest BCUT2D eigenvalue weighted by Crippen LogP contribution is -2.52. The van der Waals surface area contributed by atoms with Gasteiger partial charge in [0.05, 0.1) is 0 Å². The van der Waals surface area contributed by atoms with Crippen LogP contribution in [0.3, 0.4) is 0 Å². The highest BCUT2D eigenvalue weighted by molar-refractivity contribution is 5.74. The number of amides is 2. The maximum Gasteiger partial charge on any atom is 0.317 e. The Hall–Kier alpha value is -1.71. The van der Waals surface area contributed by atoms with Crippen molar-refractivity contribution in [3.8, 4) is 0 Å². The Balaban J connectivity index is 1.88. The van der Waals surface area contributed by atoms with Gasteiger partial charge in [0.15, 0.2) is 0 Å². The van der Waals surface area contributed by atoms with Crippen LogP contribution in [0.2, 0.25) is 0 Å². The summed E-state index contributed by atoms with van der Waals surface area (Å²) in [4.78, 5) is 16.2. The van der Waals surface area contributed by atoms with Crippen LogP contribution in [0.1, 0.15) is 26.3 Å². The number of hydrogen-bond acceptors (Lipinski definition) is 2. The molecule has 0 aliphatic carbocycles. The Labute approximate surface area is 121 Å². The largest absolute Gasteiger partial charge is 0.368 e. The first-order valence-corrected chi connectivity index (χ1v) is 7.49. The van der Waals surface area contributed by atoms with Crippen LogP contribution in [0.5, 0.6) is 0 Å². The average molecular weight is 275 g/mol. The monoisotopic (exact) mass is 275 g/mol. The van der Waals surface area contributed by atoms with E-state index in [9.17, 15) is 4.79 Å². The minimum absolute atomic E-state index is 0.0565. The molecule has 1 aromatic carbocycles. The van der Waals surface area contributed by atoms with Gasteiger partial charge in [-0.1, -0.05) is 19.1 Å². The Morgan fingerprint density at radius 2 is 1.75 bits per heavy atom. The molecule has 1 aliphatic heterocycles. The van der Waals surface area contributed by atoms with Gasteiger partial charge >= 0.3 is 6.03 Å². The maximum atomic E-state index is 11.9. The molecule has 20 heavy (non-hydrogen) atoms. The van der Waals surface area contributed by atoms with Crippen LogP contribution in [0.25, 0.3) is 0 Å². The van der Waals surface area contributed by atoms with Gasteiger partial charge in [0, 0.05) is 37.9 Å². The molecule has 1 fully saturated rings. The quantitative estimate of drug-likeness (QED) is 0.920. The van der Waals surface area contributed by atoms with Crippen LogP contribution in [-0.4, -0.2) is 43.2 Å². The highest BCUT2D eigenvalue weighted by Crippen LogP contribution is 2.17. The highest BCUT2D eigenvalue weighted by Gasteiger charge is 2.21. The molecule has 110 valence electrons. The molecular formula is C16H25N3O. The van der Waals surface area contributed by atoms with Crippen molar-refractivity contribution in [1.82, 2.24) is 10.2 Å². The lowest BCUT2D eigenvalue weighted by molar-refractivity contribution is 0.192. The third-order valence-corrected chi connectivity index (χ3v) is 3.69. The molecule has 0 spiro atoms. The summed E-state index contributed by atoms with van der Waals surface area (Å²) >= 11 is 0. The zero-order valence-electron chi connectivity index (χ0n) is 12.7. The van der Waals surface area contributed by atoms with Gasteiger partial charge in [0.25, 0.3) is 0 Å². The van der Waals surface area contributed by atoms with Crippen molar-refractivity contribution >= 4 is 11.7 Å². The van der Waals surface area contributed by atoms with Gasteiger partial charge in [-0.3, -0.25) is 0 Å². The third kappa shape index (κ3) is 3.65. The summed E-state index contributed by atoms with van der Waals surface area (Å²) in [5, 5.41) is 2.95. The minimum Gasteiger partial charge on any atom is -0.368 e. The Kier molecular flexibility index (Phi) is 4.88. The van der Waals surface area contributed by atoms with E-state index in [1.54, 1.807) is 0 Å². The number of rotatable bonds is 3. The molecule has 1 aromatic rings. The molecule has 0 bridgehead atoms. The Bertz CT molecular complexity index is 434. The molecule has 0 aromatic heterocycles. The molecule has 1 saturated heterocycles. The number of aryl methyl sites for hydroxylation is 1. The second-order valence-electron chi connectivity index (χ2n) is 5.60. The predicted octanol–water partition coefficient (Wildman–Crippen LogP) is 2.49. The molecule has 2 rings (SSSR count). The number of carbonyl (C=O) groups excluding carboxylic acids is 1. The van der Waals surface area contributed by atoms with Gasteiger partial charge in [0.1, 0.15) is 0 Å². The molecule has 0 unspecified atom stereocenters. The molecular weight excluding hydrogens is 250 g/mol. The lowest BCUT2D eigenvalue weighted by Gasteiger charge is -2.36. The summed E-state index contributed by atoms with van der Waals surface area (Å²) in [6, 6.07) is 8.99. The smallest absolute Gasteiger partial charge is 0.317 e. The number of carbonyl (C=O) groups is 1. The summed E-state index contributed by atoms with van der Waals surface area (Å²) in [6.45, 7) is 9.52. The normalized spacial score (nSPS) is 15.6. The first kappa shape index (κ1) is 14.7. The van der Waals surface area contributed by atoms with E-state index >= 15 is 0 Å². The summed E-state index contributed by atoms with van der Waals surface area (Å²) in [5.41, 5.74) is 2.62. The second kappa shape index (κ2) is 6.64. The molecule has 1 heterocycles. The van der Waals surface area contributed by atoms with Gasteiger partial charge in [-0.25, -0.2) is 4.79 Å². The summed E-state index contributed by atoms with van der Waals surface area (Å²) in [5.74, 6) is 0. The van der Waals surface area contributed by atoms with Crippen molar-refractivity contribution in [2.45, 2.75) is 33.2 Å². The standard InChI is InChI=1S/C16H25N3O/c1-4-14-5-7-15(8-6-14)18-9-11-19(12-10-18)16(20)17-13(2)3/h5-8,13H,4,9-12H2,1-3H3,(H,17,20). The molecule has 1 aliphatic rings. The van der Waals surface area contributed by atoms with Crippen LogP contribution < -0.4 is 10.2 Å². The topological polar surface area (TPSA) is 35.6 Å². The van der Waals surface area contributed by atoms with Crippen molar-refractivity contribution < 1.29 is 4.79 Å². The van der Waals surface area contributed by atoms with Gasteiger partial charge in [0.2, 0.25) is 0 Å². The number of urea groups is 1. The first-order chi connectivity index (χ1) is 9.60. The van der Waals surface area contributed by atoms with E-state index in [1.807, 2.05) is 18.7 Å². The van der Waals surface area contributed by atoms with Crippen molar-refractivity contribution in [3.05, 3.63) is 29.8 Å². The third-order valence-electron chi connectivity index (χ3n) is 3.69. The molecule has 1 N–H and O–H groups in total. The van der Waals surface area contributed by atoms with Crippen LogP contribution in [-0.2, 0) is 6.42 Å². The second-order valence-corrected chi connectivity index (χ2v) is 5.60. The van der Waals surface area contributed by atoms with Crippen molar-refractivity contribution in [2.75, 3.05) is 31.1 Å². The molecule has 0 saturated carbocycles. The summed E-state index contributed by atoms with van der Waals surface area (Å²) in [6.07, 6.45) is 1.07. The van der Waals surface area contributed by atoms with Crippen molar-refractivity contribution in [3.63, 3.8) is 0 Å². The molecule has 0 radical (unpaired) electrons. The van der Waals surface area contributed by atoms with Crippen molar-refractivity contribution in [2.24, 2.45) is 0 Å². The number of nitrogens with zero attached hydrogens (tertiary/aromatic N) is 2. The van der Waals surface area contributed by atoms with E-state index in [0.29, 0.717) is 0 Å². The molecule has 0 atom stereocenters. The van der Waals surface area contributed by atoms with Crippen LogP contribution in [0, 0.1) is 0 Å². The van der Waals surface area contributed by atoms with E-state index in [-0.39, 0.29) is 12.1 Å². The van der Waals surface area contributed by atoms with E-state index in [0.717, 1.165) is 32.6 Å². The zero-order valence-corrected chi connectivity index (χ0v) is 12.7. The predicted molar refractivity (Wildman–Crippen MR) is 83.3 cm³/mol. The summed E-state index contributed by atoms with van der Waals surface area (Å²) in [7, 11) is 0. The van der Waals surface area contributed by atoms with Gasteiger partial charge in [-0.05, 0) is 38.0 Å². The SMILES string of the molecule is CCc1ccc(N2CCN(C(=O)NC(C)C)CC2)cc1. The van der Waals surface area contributed by atoms with E-state index in [2.05, 4.69) is 41.4 Å². The minimum atomic E-state index is 0.0565. The first-order valence-electron chi connectivity index (χ1n) is 7.49. The fourth-order valence-corrected chi connectivity index (χ4v) is 2.45. The fraction of sp³-hybridized carbons (Fsp3) is 0.562. The van der Waals surface area contributed by atoms with Crippen LogP contribution in [0.15, 0.2) is 24.3 Å². The fourth-order valence-electron chi connectivity index (χ4n) is 2.45. The number of benzene rings is 1. The van der Waals surface area contributed by atoms with Gasteiger partial charge in [-0.2, -0.15) is 0 Å². The van der Waals surface area contributed by atoms with E-state index in [4.69, 9.17) is 0 Å². The van der Waals surface area contributed by atoms with Crippen LogP contribution in [0.4, 0.5) is 10.5 Å². The van der Waals surface area contributed by atoms with E-state index in [1.165, 1.54) is 11.3 Å². The average Bonchev–Trinajstić information content (AvgIpc) is 2.47. The number of hydrogen-bond donors (Lipinski definition) is 1. The van der Waals surface area contributed by atoms with Gasteiger partial charge < -0.3 is 15.1 Å². The van der Waals surface area contributed by atoms with E-state index < -0.39 is 0 Å². The molecule has 4 heteroatoms. The van der Waals surface area contributed by atoms with Gasteiger partial charge in [-0.15, -0.1) is 0 Å². The molecule has 4 nitrogen and oxygen atoms in total. The number of nitrogens with one attached hydrogen (secondary N) is 1. The maximum absolute atomic E-state index is 11.9. The Morgan fingerprint density at radius 3 is 2.25 bits per heavy atom. The van der Waals surface area contributed by atoms with Crippen LogP contribution >= 0.6 is 0 Å². The zero-order chi connectivity index (χ0) is 14.5. The lowest BCUT2D eigenvalue weighted by atomic mass is 10.1. The Morgan fingerprint density at radius 1 is 1.15 bits per heavy atom. The molecule has 2 amide bonds. The highest BCUT2D eigenvalue weighted by atomic mass is 16.2. The van der Waals surface area contributed by atoms with Crippen molar-refractivity contribution in [1.29, 1.82) is 0 Å². The summed E-state index contributed by atoms with van der Waals surface area (Å²) < 4.78 is 0.